The SMILES string of the molecule is CCn1c(COc2ccccc2)cc2c(N)cccc21. The predicted molar refractivity (Wildman–Crippen MR) is 82.8 cm³/mol. The lowest BCUT2D eigenvalue weighted by molar-refractivity contribution is 0.296. The highest BCUT2D eigenvalue weighted by Crippen LogP contribution is 2.26. The van der Waals surface area contributed by atoms with Gasteiger partial charge in [0.2, 0.25) is 0 Å². The topological polar surface area (TPSA) is 40.2 Å². The second-order valence-corrected chi connectivity index (χ2v) is 4.76. The molecule has 0 radical (unpaired) electrons. The van der Waals surface area contributed by atoms with Crippen molar-refractivity contribution in [1.82, 2.24) is 4.57 Å². The van der Waals surface area contributed by atoms with Gasteiger partial charge >= 0.3 is 0 Å². The molecule has 1 aromatic heterocycles. The van der Waals surface area contributed by atoms with Crippen LogP contribution in [0.15, 0.2) is 54.6 Å². The standard InChI is InChI=1S/C17H18N2O/c1-2-19-13(12-20-14-7-4-3-5-8-14)11-15-16(18)9-6-10-17(15)19/h3-11H,2,12,18H2,1H3. The number of rotatable bonds is 4. The summed E-state index contributed by atoms with van der Waals surface area (Å²) in [6.07, 6.45) is 0. The zero-order valence-corrected chi connectivity index (χ0v) is 11.5. The van der Waals surface area contributed by atoms with Crippen molar-refractivity contribution >= 4 is 16.6 Å². The number of aromatic nitrogens is 1. The maximum Gasteiger partial charge on any atom is 0.128 e. The molecule has 0 aliphatic rings. The Hall–Kier alpha value is -2.42. The highest BCUT2D eigenvalue weighted by molar-refractivity contribution is 5.92. The molecule has 0 spiro atoms. The van der Waals surface area contributed by atoms with Crippen molar-refractivity contribution in [2.24, 2.45) is 0 Å². The van der Waals surface area contributed by atoms with Crippen LogP contribution in [-0.4, -0.2) is 4.57 Å². The van der Waals surface area contributed by atoms with Crippen LogP contribution >= 0.6 is 0 Å². The molecular weight excluding hydrogens is 248 g/mol. The quantitative estimate of drug-likeness (QED) is 0.729. The Balaban J connectivity index is 1.93. The first-order chi connectivity index (χ1) is 9.79. The molecule has 2 N–H and O–H groups in total. The van der Waals surface area contributed by atoms with Gasteiger partial charge < -0.3 is 15.0 Å². The first-order valence-corrected chi connectivity index (χ1v) is 6.84. The molecule has 3 nitrogen and oxygen atoms in total. The molecule has 0 aliphatic carbocycles. The van der Waals surface area contributed by atoms with Crippen molar-refractivity contribution in [3.63, 3.8) is 0 Å². The zero-order valence-electron chi connectivity index (χ0n) is 11.5. The van der Waals surface area contributed by atoms with E-state index in [1.807, 2.05) is 42.5 Å². The Kier molecular flexibility index (Phi) is 3.33. The first-order valence-electron chi connectivity index (χ1n) is 6.84. The second-order valence-electron chi connectivity index (χ2n) is 4.76. The Bertz CT molecular complexity index is 716. The highest BCUT2D eigenvalue weighted by Gasteiger charge is 2.09. The summed E-state index contributed by atoms with van der Waals surface area (Å²) in [6.45, 7) is 3.58. The Morgan fingerprint density at radius 2 is 1.85 bits per heavy atom. The number of benzene rings is 2. The third-order valence-electron chi connectivity index (χ3n) is 3.51. The van der Waals surface area contributed by atoms with E-state index in [4.69, 9.17) is 10.5 Å². The van der Waals surface area contributed by atoms with Gasteiger partial charge in [0.15, 0.2) is 0 Å². The molecule has 1 heterocycles. The van der Waals surface area contributed by atoms with Gasteiger partial charge in [-0.25, -0.2) is 0 Å². The minimum atomic E-state index is 0.548. The van der Waals surface area contributed by atoms with Gasteiger partial charge in [-0.05, 0) is 37.3 Å². The van der Waals surface area contributed by atoms with E-state index in [-0.39, 0.29) is 0 Å². The molecule has 0 amide bonds. The zero-order chi connectivity index (χ0) is 13.9. The van der Waals surface area contributed by atoms with E-state index < -0.39 is 0 Å². The summed E-state index contributed by atoms with van der Waals surface area (Å²) >= 11 is 0. The number of anilines is 1. The summed E-state index contributed by atoms with van der Waals surface area (Å²) in [6, 6.07) is 18.0. The normalized spacial score (nSPS) is 10.8. The molecule has 2 aromatic carbocycles. The van der Waals surface area contributed by atoms with Crippen LogP contribution in [0.25, 0.3) is 10.9 Å². The molecule has 3 heteroatoms. The lowest BCUT2D eigenvalue weighted by Gasteiger charge is -2.09. The van der Waals surface area contributed by atoms with Crippen molar-refractivity contribution in [2.75, 3.05) is 5.73 Å². The Labute approximate surface area is 118 Å². The number of para-hydroxylation sites is 1. The summed E-state index contributed by atoms with van der Waals surface area (Å²) in [4.78, 5) is 0. The third-order valence-corrected chi connectivity index (χ3v) is 3.51. The Morgan fingerprint density at radius 1 is 1.05 bits per heavy atom. The average molecular weight is 266 g/mol. The van der Waals surface area contributed by atoms with E-state index in [0.717, 1.165) is 29.1 Å². The van der Waals surface area contributed by atoms with Crippen molar-refractivity contribution < 1.29 is 4.74 Å². The van der Waals surface area contributed by atoms with Crippen LogP contribution in [0, 0.1) is 0 Å². The highest BCUT2D eigenvalue weighted by atomic mass is 16.5. The summed E-state index contributed by atoms with van der Waals surface area (Å²) in [5, 5.41) is 1.10. The van der Waals surface area contributed by atoms with Crippen LogP contribution in [0.5, 0.6) is 5.75 Å². The second kappa shape index (κ2) is 5.29. The number of fused-ring (bicyclic) bond motifs is 1. The number of hydrogen-bond acceptors (Lipinski definition) is 2. The molecule has 3 aromatic rings. The van der Waals surface area contributed by atoms with Crippen LogP contribution in [0.4, 0.5) is 5.69 Å². The molecule has 0 aliphatic heterocycles. The van der Waals surface area contributed by atoms with Crippen LogP contribution in [0.1, 0.15) is 12.6 Å². The van der Waals surface area contributed by atoms with Gasteiger partial charge in [0, 0.05) is 17.6 Å². The summed E-state index contributed by atoms with van der Waals surface area (Å²) in [5.74, 6) is 0.883. The smallest absolute Gasteiger partial charge is 0.128 e. The van der Waals surface area contributed by atoms with Gasteiger partial charge in [-0.2, -0.15) is 0 Å². The average Bonchev–Trinajstić information content (AvgIpc) is 2.85. The fourth-order valence-corrected chi connectivity index (χ4v) is 2.53. The number of nitrogen functional groups attached to an aromatic ring is 1. The molecule has 0 atom stereocenters. The fraction of sp³-hybridized carbons (Fsp3) is 0.176. The Morgan fingerprint density at radius 3 is 2.60 bits per heavy atom. The minimum Gasteiger partial charge on any atom is -0.487 e. The van der Waals surface area contributed by atoms with E-state index in [9.17, 15) is 0 Å². The number of ether oxygens (including phenoxy) is 1. The number of aryl methyl sites for hydroxylation is 1. The molecule has 0 saturated heterocycles. The monoisotopic (exact) mass is 266 g/mol. The molecule has 3 rings (SSSR count). The van der Waals surface area contributed by atoms with Crippen LogP contribution in [-0.2, 0) is 13.2 Å². The predicted octanol–water partition coefficient (Wildman–Crippen LogP) is 3.82. The van der Waals surface area contributed by atoms with Crippen molar-refractivity contribution in [3.8, 4) is 5.75 Å². The fourth-order valence-electron chi connectivity index (χ4n) is 2.53. The lowest BCUT2D eigenvalue weighted by atomic mass is 10.2. The first kappa shape index (κ1) is 12.6. The van der Waals surface area contributed by atoms with Gasteiger partial charge in [-0.1, -0.05) is 24.3 Å². The minimum absolute atomic E-state index is 0.548. The summed E-state index contributed by atoms with van der Waals surface area (Å²) in [5.41, 5.74) is 9.17. The van der Waals surface area contributed by atoms with E-state index in [1.54, 1.807) is 0 Å². The van der Waals surface area contributed by atoms with Gasteiger partial charge in [-0.15, -0.1) is 0 Å². The van der Waals surface area contributed by atoms with Gasteiger partial charge in [0.05, 0.1) is 11.2 Å². The molecule has 0 saturated carbocycles. The van der Waals surface area contributed by atoms with Crippen LogP contribution in [0.3, 0.4) is 0 Å². The summed E-state index contributed by atoms with van der Waals surface area (Å²) in [7, 11) is 0. The molecular formula is C17H18N2O. The number of hydrogen-bond donors (Lipinski definition) is 1. The molecule has 0 unspecified atom stereocenters. The van der Waals surface area contributed by atoms with Crippen molar-refractivity contribution in [2.45, 2.75) is 20.1 Å². The lowest BCUT2D eigenvalue weighted by Crippen LogP contribution is -2.04. The molecule has 102 valence electrons. The largest absolute Gasteiger partial charge is 0.487 e. The summed E-state index contributed by atoms with van der Waals surface area (Å²) < 4.78 is 8.09. The van der Waals surface area contributed by atoms with Gasteiger partial charge in [-0.3, -0.25) is 0 Å². The number of nitrogens with zero attached hydrogens (tertiary/aromatic N) is 1. The maximum atomic E-state index is 6.05. The number of nitrogens with two attached hydrogens (primary N) is 1. The maximum absolute atomic E-state index is 6.05. The van der Waals surface area contributed by atoms with Crippen molar-refractivity contribution in [3.05, 3.63) is 60.3 Å². The van der Waals surface area contributed by atoms with E-state index in [0.29, 0.717) is 6.61 Å². The third kappa shape index (κ3) is 2.23. The van der Waals surface area contributed by atoms with E-state index in [2.05, 4.69) is 23.6 Å². The van der Waals surface area contributed by atoms with E-state index in [1.165, 1.54) is 5.52 Å². The van der Waals surface area contributed by atoms with Crippen LogP contribution in [0.2, 0.25) is 0 Å². The van der Waals surface area contributed by atoms with E-state index >= 15 is 0 Å². The van der Waals surface area contributed by atoms with Crippen molar-refractivity contribution in [1.29, 1.82) is 0 Å². The van der Waals surface area contributed by atoms with Crippen LogP contribution < -0.4 is 10.5 Å². The van der Waals surface area contributed by atoms with Gasteiger partial charge in [0.25, 0.3) is 0 Å². The molecule has 20 heavy (non-hydrogen) atoms. The molecule has 0 fully saturated rings. The molecule has 0 bridgehead atoms. The van der Waals surface area contributed by atoms with Gasteiger partial charge in [0.1, 0.15) is 12.4 Å².